The number of nitrogens with zero attached hydrogens (tertiary/aromatic N) is 1. The molecule has 0 radical (unpaired) electrons. The predicted molar refractivity (Wildman–Crippen MR) is 112 cm³/mol. The van der Waals surface area contributed by atoms with E-state index < -0.39 is 5.91 Å². The number of nitrogens with one attached hydrogen (secondary N) is 2. The van der Waals surface area contributed by atoms with E-state index in [1.165, 1.54) is 11.8 Å². The van der Waals surface area contributed by atoms with E-state index in [0.29, 0.717) is 22.4 Å². The van der Waals surface area contributed by atoms with E-state index in [-0.39, 0.29) is 11.3 Å². The van der Waals surface area contributed by atoms with Gasteiger partial charge in [-0.1, -0.05) is 50.2 Å². The number of hydrogen-bond donors (Lipinski definition) is 3. The second-order valence-electron chi connectivity index (χ2n) is 6.72. The average Bonchev–Trinajstić information content (AvgIpc) is 2.69. The predicted octanol–water partition coefficient (Wildman–Crippen LogP) is 5.13. The molecule has 0 heterocycles. The second kappa shape index (κ2) is 8.28. The molecule has 28 heavy (non-hydrogen) atoms. The molecule has 0 aromatic heterocycles. The normalized spacial score (nSPS) is 11.3. The molecule has 0 saturated heterocycles. The van der Waals surface area contributed by atoms with Crippen LogP contribution < -0.4 is 10.6 Å². The molecule has 0 aliphatic heterocycles. The fourth-order valence-corrected chi connectivity index (χ4v) is 2.86. The Morgan fingerprint density at radius 1 is 1.04 bits per heavy atom. The van der Waals surface area contributed by atoms with Crippen molar-refractivity contribution in [2.45, 2.75) is 19.8 Å². The van der Waals surface area contributed by atoms with Gasteiger partial charge in [0.15, 0.2) is 0 Å². The van der Waals surface area contributed by atoms with E-state index in [1.807, 2.05) is 30.3 Å². The Morgan fingerprint density at radius 3 is 2.39 bits per heavy atom. The molecule has 3 aromatic rings. The van der Waals surface area contributed by atoms with Crippen LogP contribution in [0.1, 0.15) is 25.3 Å². The molecule has 3 aromatic carbocycles. The Hall–Kier alpha value is -3.78. The lowest BCUT2D eigenvalue weighted by Crippen LogP contribution is -2.14. The topological polar surface area (TPSA) is 85.2 Å². The van der Waals surface area contributed by atoms with E-state index in [2.05, 4.69) is 24.5 Å². The van der Waals surface area contributed by atoms with Crippen molar-refractivity contribution in [2.75, 3.05) is 10.6 Å². The molecule has 0 atom stereocenters. The lowest BCUT2D eigenvalue weighted by molar-refractivity contribution is -0.112. The van der Waals surface area contributed by atoms with Gasteiger partial charge in [-0.3, -0.25) is 4.79 Å². The number of rotatable bonds is 5. The smallest absolute Gasteiger partial charge is 0.267 e. The third-order valence-electron chi connectivity index (χ3n) is 4.47. The van der Waals surface area contributed by atoms with Gasteiger partial charge in [-0.15, -0.1) is 0 Å². The van der Waals surface area contributed by atoms with Gasteiger partial charge < -0.3 is 15.7 Å². The molecule has 0 bridgehead atoms. The number of carbonyl (C=O) groups is 1. The zero-order valence-electron chi connectivity index (χ0n) is 15.7. The Balaban J connectivity index is 1.78. The Morgan fingerprint density at radius 2 is 1.71 bits per heavy atom. The average molecular weight is 371 g/mol. The largest absolute Gasteiger partial charge is 0.507 e. The molecule has 0 saturated carbocycles. The summed E-state index contributed by atoms with van der Waals surface area (Å²) in [6.45, 7) is 4.24. The Kier molecular flexibility index (Phi) is 5.61. The van der Waals surface area contributed by atoms with Crippen LogP contribution in [0.2, 0.25) is 0 Å². The van der Waals surface area contributed by atoms with Crippen LogP contribution in [0.5, 0.6) is 5.75 Å². The fraction of sp³-hybridized carbons (Fsp3) is 0.130. The number of phenolic OH excluding ortho intramolecular Hbond substituents is 1. The first-order chi connectivity index (χ1) is 13.5. The van der Waals surface area contributed by atoms with Crippen LogP contribution in [0.4, 0.5) is 11.4 Å². The lowest BCUT2D eigenvalue weighted by atomic mass is 10.0. The molecule has 1 amide bonds. The molecule has 0 spiro atoms. The molecule has 5 heteroatoms. The summed E-state index contributed by atoms with van der Waals surface area (Å²) in [6.07, 6.45) is 1.39. The fourth-order valence-electron chi connectivity index (χ4n) is 2.86. The summed E-state index contributed by atoms with van der Waals surface area (Å²) >= 11 is 0. The molecular formula is C23H21N3O2. The lowest BCUT2D eigenvalue weighted by Gasteiger charge is -2.10. The number of anilines is 2. The molecule has 0 aliphatic carbocycles. The summed E-state index contributed by atoms with van der Waals surface area (Å²) in [5.41, 5.74) is 2.48. The third kappa shape index (κ3) is 4.13. The highest BCUT2D eigenvalue weighted by molar-refractivity contribution is 6.11. The van der Waals surface area contributed by atoms with Gasteiger partial charge in [0, 0.05) is 28.3 Å². The van der Waals surface area contributed by atoms with Crippen LogP contribution in [0.15, 0.2) is 72.4 Å². The van der Waals surface area contributed by atoms with Crippen LogP contribution in [0, 0.1) is 11.3 Å². The van der Waals surface area contributed by atoms with Crippen LogP contribution >= 0.6 is 0 Å². The van der Waals surface area contributed by atoms with Crippen LogP contribution in [-0.4, -0.2) is 11.0 Å². The van der Waals surface area contributed by atoms with Crippen LogP contribution in [0.3, 0.4) is 0 Å². The second-order valence-corrected chi connectivity index (χ2v) is 6.72. The monoisotopic (exact) mass is 371 g/mol. The summed E-state index contributed by atoms with van der Waals surface area (Å²) < 4.78 is 0. The van der Waals surface area contributed by atoms with Gasteiger partial charge in [-0.05, 0) is 35.7 Å². The maximum atomic E-state index is 12.5. The maximum Gasteiger partial charge on any atom is 0.267 e. The first kappa shape index (κ1) is 19.0. The zero-order chi connectivity index (χ0) is 20.1. The van der Waals surface area contributed by atoms with E-state index >= 15 is 0 Å². The van der Waals surface area contributed by atoms with Crippen molar-refractivity contribution in [3.8, 4) is 11.8 Å². The van der Waals surface area contributed by atoms with Crippen molar-refractivity contribution in [1.29, 1.82) is 5.26 Å². The van der Waals surface area contributed by atoms with Gasteiger partial charge in [0.05, 0.1) is 0 Å². The number of phenols is 1. The quantitative estimate of drug-likeness (QED) is 0.429. The highest BCUT2D eigenvalue weighted by Gasteiger charge is 2.12. The van der Waals surface area contributed by atoms with Crippen molar-refractivity contribution in [1.82, 2.24) is 0 Å². The maximum absolute atomic E-state index is 12.5. The zero-order valence-corrected chi connectivity index (χ0v) is 15.7. The minimum Gasteiger partial charge on any atom is -0.507 e. The van der Waals surface area contributed by atoms with E-state index in [1.54, 1.807) is 36.4 Å². The molecule has 5 nitrogen and oxygen atoms in total. The number of aromatic hydroxyl groups is 1. The number of fused-ring (bicyclic) bond motifs is 1. The van der Waals surface area contributed by atoms with Crippen molar-refractivity contribution in [3.05, 3.63) is 78.0 Å². The van der Waals surface area contributed by atoms with Gasteiger partial charge >= 0.3 is 0 Å². The summed E-state index contributed by atoms with van der Waals surface area (Å²) in [5.74, 6) is 0.0472. The Bertz CT molecular complexity index is 1080. The minimum atomic E-state index is -0.523. The molecule has 0 unspecified atom stereocenters. The molecule has 140 valence electrons. The van der Waals surface area contributed by atoms with Crippen molar-refractivity contribution in [2.24, 2.45) is 0 Å². The summed E-state index contributed by atoms with van der Waals surface area (Å²) in [7, 11) is 0. The van der Waals surface area contributed by atoms with E-state index in [4.69, 9.17) is 0 Å². The third-order valence-corrected chi connectivity index (χ3v) is 4.47. The Labute approximate surface area is 163 Å². The molecular weight excluding hydrogens is 350 g/mol. The van der Waals surface area contributed by atoms with Gasteiger partial charge in [-0.2, -0.15) is 5.26 Å². The molecule has 3 rings (SSSR count). The van der Waals surface area contributed by atoms with Crippen LogP contribution in [-0.2, 0) is 4.79 Å². The number of benzene rings is 3. The van der Waals surface area contributed by atoms with Gasteiger partial charge in [-0.25, -0.2) is 0 Å². The van der Waals surface area contributed by atoms with E-state index in [0.717, 1.165) is 5.69 Å². The summed E-state index contributed by atoms with van der Waals surface area (Å²) in [6, 6.07) is 20.1. The molecule has 0 fully saturated rings. The number of carbonyl (C=O) groups excluding carboxylic acids is 1. The number of hydrogen-bond acceptors (Lipinski definition) is 4. The first-order valence-corrected chi connectivity index (χ1v) is 8.98. The highest BCUT2D eigenvalue weighted by Crippen LogP contribution is 2.30. The SMILES string of the molecule is CC(C)c1ccc(N/C=C(/C#N)C(=O)Nc2cccc3c(O)cccc23)cc1. The van der Waals surface area contributed by atoms with E-state index in [9.17, 15) is 15.2 Å². The van der Waals surface area contributed by atoms with Gasteiger partial charge in [0.2, 0.25) is 0 Å². The highest BCUT2D eigenvalue weighted by atomic mass is 16.3. The van der Waals surface area contributed by atoms with Crippen LogP contribution in [0.25, 0.3) is 10.8 Å². The molecule has 0 aliphatic rings. The standard InChI is InChI=1S/C23H21N3O2/c1-15(2)16-9-11-18(12-10-16)25-14-17(13-24)23(28)26-21-7-3-6-20-19(21)5-4-8-22(20)27/h3-12,14-15,25,27H,1-2H3,(H,26,28)/b17-14-. The minimum absolute atomic E-state index is 0.0508. The van der Waals surface area contributed by atoms with Crippen molar-refractivity contribution in [3.63, 3.8) is 0 Å². The summed E-state index contributed by atoms with van der Waals surface area (Å²) in [4.78, 5) is 12.5. The van der Waals surface area contributed by atoms with Crippen molar-refractivity contribution < 1.29 is 9.90 Å². The summed E-state index contributed by atoms with van der Waals surface area (Å²) in [5, 5.41) is 26.4. The number of amides is 1. The number of nitriles is 1. The molecule has 3 N–H and O–H groups in total. The van der Waals surface area contributed by atoms with Gasteiger partial charge in [0.25, 0.3) is 5.91 Å². The van der Waals surface area contributed by atoms with Crippen molar-refractivity contribution >= 4 is 28.1 Å². The first-order valence-electron chi connectivity index (χ1n) is 8.98. The van der Waals surface area contributed by atoms with Gasteiger partial charge in [0.1, 0.15) is 17.4 Å².